The van der Waals surface area contributed by atoms with E-state index in [9.17, 15) is 0 Å². The summed E-state index contributed by atoms with van der Waals surface area (Å²) in [4.78, 5) is 0. The minimum Gasteiger partial charge on any atom is -0.350 e. The highest BCUT2D eigenvalue weighted by Crippen LogP contribution is 2.37. The fraction of sp³-hybridized carbons (Fsp3) is 0.556. The van der Waals surface area contributed by atoms with Gasteiger partial charge in [-0.15, -0.1) is 12.3 Å². The number of hydrogen-bond acceptors (Lipinski definition) is 2. The molecule has 21 heavy (non-hydrogen) atoms. The van der Waals surface area contributed by atoms with E-state index in [-0.39, 0.29) is 5.41 Å². The summed E-state index contributed by atoms with van der Waals surface area (Å²) in [5.74, 6) is 2.28. The summed E-state index contributed by atoms with van der Waals surface area (Å²) >= 11 is 6.20. The molecule has 1 aliphatic rings. The topological polar surface area (TPSA) is 18.5 Å². The van der Waals surface area contributed by atoms with Crippen LogP contribution in [0, 0.1) is 17.8 Å². The van der Waals surface area contributed by atoms with Crippen LogP contribution in [0.4, 0.5) is 0 Å². The van der Waals surface area contributed by atoms with Gasteiger partial charge in [0.15, 0.2) is 5.79 Å². The zero-order valence-electron chi connectivity index (χ0n) is 12.8. The summed E-state index contributed by atoms with van der Waals surface area (Å²) < 4.78 is 11.6. The Morgan fingerprint density at radius 1 is 1.24 bits per heavy atom. The van der Waals surface area contributed by atoms with E-state index >= 15 is 0 Å². The van der Waals surface area contributed by atoms with Crippen molar-refractivity contribution in [3.8, 4) is 12.3 Å². The smallest absolute Gasteiger partial charge is 0.162 e. The lowest BCUT2D eigenvalue weighted by Crippen LogP contribution is -2.46. The van der Waals surface area contributed by atoms with E-state index in [4.69, 9.17) is 27.5 Å². The fourth-order valence-corrected chi connectivity index (χ4v) is 2.87. The fourth-order valence-electron chi connectivity index (χ4n) is 2.64. The maximum absolute atomic E-state index is 6.20. The van der Waals surface area contributed by atoms with E-state index in [1.807, 2.05) is 32.0 Å². The third-order valence-electron chi connectivity index (χ3n) is 4.04. The lowest BCUT2D eigenvalue weighted by atomic mass is 9.80. The first-order valence-electron chi connectivity index (χ1n) is 7.41. The maximum Gasteiger partial charge on any atom is 0.162 e. The van der Waals surface area contributed by atoms with Gasteiger partial charge in [-0.1, -0.05) is 29.8 Å². The molecule has 0 amide bonds. The number of rotatable bonds is 5. The summed E-state index contributed by atoms with van der Waals surface area (Å²) in [6, 6.07) is 7.99. The van der Waals surface area contributed by atoms with Gasteiger partial charge in [-0.3, -0.25) is 0 Å². The molecule has 1 aromatic carbocycles. The third-order valence-corrected chi connectivity index (χ3v) is 4.41. The molecule has 0 saturated carbocycles. The van der Waals surface area contributed by atoms with Crippen molar-refractivity contribution >= 4 is 11.6 Å². The predicted octanol–water partition coefficient (Wildman–Crippen LogP) is 4.46. The SMILES string of the molecule is C#CCC1(CCCc2ccccc2Cl)COC(C)(C)OC1. The summed E-state index contributed by atoms with van der Waals surface area (Å²) in [7, 11) is 0. The molecule has 1 aromatic rings. The minimum atomic E-state index is -0.499. The minimum absolute atomic E-state index is 0.0640. The van der Waals surface area contributed by atoms with Crippen LogP contribution >= 0.6 is 11.6 Å². The summed E-state index contributed by atoms with van der Waals surface area (Å²) in [5, 5.41) is 0.834. The average Bonchev–Trinajstić information content (AvgIpc) is 2.45. The number of ether oxygens (including phenoxy) is 2. The molecule has 114 valence electrons. The largest absolute Gasteiger partial charge is 0.350 e. The summed E-state index contributed by atoms with van der Waals surface area (Å²) in [6.45, 7) is 5.20. The lowest BCUT2D eigenvalue weighted by Gasteiger charge is -2.43. The molecular weight excluding hydrogens is 284 g/mol. The number of terminal acetylenes is 1. The molecule has 0 aromatic heterocycles. The van der Waals surface area contributed by atoms with E-state index < -0.39 is 5.79 Å². The number of halogens is 1. The molecule has 2 rings (SSSR count). The first-order valence-corrected chi connectivity index (χ1v) is 7.79. The van der Waals surface area contributed by atoms with Crippen molar-refractivity contribution in [1.82, 2.24) is 0 Å². The Labute approximate surface area is 132 Å². The quantitative estimate of drug-likeness (QED) is 0.748. The molecule has 0 spiro atoms. The van der Waals surface area contributed by atoms with Crippen molar-refractivity contribution in [2.24, 2.45) is 5.41 Å². The first-order chi connectivity index (χ1) is 9.96. The van der Waals surface area contributed by atoms with Gasteiger partial charge < -0.3 is 9.47 Å². The molecule has 0 atom stereocenters. The second kappa shape index (κ2) is 6.83. The molecule has 0 N–H and O–H groups in total. The van der Waals surface area contributed by atoms with Crippen LogP contribution in [-0.4, -0.2) is 19.0 Å². The highest BCUT2D eigenvalue weighted by molar-refractivity contribution is 6.31. The zero-order chi connectivity index (χ0) is 15.3. The molecule has 0 aliphatic carbocycles. The Morgan fingerprint density at radius 2 is 1.90 bits per heavy atom. The maximum atomic E-state index is 6.20. The standard InChI is InChI=1S/C18H23ClO2/c1-4-11-18(13-20-17(2,3)21-14-18)12-7-9-15-8-5-6-10-16(15)19/h1,5-6,8,10H,7,9,11-14H2,2-3H3. The Kier molecular flexibility index (Phi) is 5.32. The van der Waals surface area contributed by atoms with Crippen LogP contribution in [0.2, 0.25) is 5.02 Å². The predicted molar refractivity (Wildman–Crippen MR) is 86.3 cm³/mol. The normalized spacial score (nSPS) is 19.9. The van der Waals surface area contributed by atoms with Crippen LogP contribution in [0.25, 0.3) is 0 Å². The van der Waals surface area contributed by atoms with Crippen molar-refractivity contribution in [2.45, 2.75) is 45.3 Å². The molecular formula is C18H23ClO2. The zero-order valence-corrected chi connectivity index (χ0v) is 13.6. The van der Waals surface area contributed by atoms with Gasteiger partial charge in [-0.2, -0.15) is 0 Å². The van der Waals surface area contributed by atoms with Crippen molar-refractivity contribution in [2.75, 3.05) is 13.2 Å². The Morgan fingerprint density at radius 3 is 2.52 bits per heavy atom. The second-order valence-corrected chi connectivity index (χ2v) is 6.71. The van der Waals surface area contributed by atoms with Gasteiger partial charge in [0.2, 0.25) is 0 Å². The summed E-state index contributed by atoms with van der Waals surface area (Å²) in [5.41, 5.74) is 1.12. The molecule has 1 saturated heterocycles. The second-order valence-electron chi connectivity index (χ2n) is 6.30. The van der Waals surface area contributed by atoms with Gasteiger partial charge in [0.1, 0.15) is 0 Å². The van der Waals surface area contributed by atoms with Gasteiger partial charge in [0, 0.05) is 16.9 Å². The van der Waals surface area contributed by atoms with Crippen LogP contribution in [-0.2, 0) is 15.9 Å². The highest BCUT2D eigenvalue weighted by Gasteiger charge is 2.39. The van der Waals surface area contributed by atoms with Crippen LogP contribution in [0.5, 0.6) is 0 Å². The van der Waals surface area contributed by atoms with Crippen molar-refractivity contribution in [1.29, 1.82) is 0 Å². The number of benzene rings is 1. The molecule has 0 bridgehead atoms. The monoisotopic (exact) mass is 306 g/mol. The van der Waals surface area contributed by atoms with E-state index in [1.165, 1.54) is 5.56 Å². The Hall–Kier alpha value is -1.01. The molecule has 3 heteroatoms. The van der Waals surface area contributed by atoms with Gasteiger partial charge in [0.05, 0.1) is 13.2 Å². The number of aryl methyl sites for hydroxylation is 1. The molecule has 0 unspecified atom stereocenters. The molecule has 1 fully saturated rings. The van der Waals surface area contributed by atoms with Crippen LogP contribution in [0.15, 0.2) is 24.3 Å². The van der Waals surface area contributed by atoms with Gasteiger partial charge in [0.25, 0.3) is 0 Å². The van der Waals surface area contributed by atoms with Gasteiger partial charge >= 0.3 is 0 Å². The Bertz CT molecular complexity index is 506. The van der Waals surface area contributed by atoms with E-state index in [0.717, 1.165) is 24.3 Å². The van der Waals surface area contributed by atoms with Crippen molar-refractivity contribution < 1.29 is 9.47 Å². The molecule has 1 aliphatic heterocycles. The molecule has 1 heterocycles. The van der Waals surface area contributed by atoms with Gasteiger partial charge in [-0.05, 0) is 44.7 Å². The van der Waals surface area contributed by atoms with Crippen LogP contribution in [0.3, 0.4) is 0 Å². The van der Waals surface area contributed by atoms with Crippen LogP contribution < -0.4 is 0 Å². The third kappa shape index (κ3) is 4.48. The first kappa shape index (κ1) is 16.4. The molecule has 2 nitrogen and oxygen atoms in total. The van der Waals surface area contributed by atoms with Crippen molar-refractivity contribution in [3.63, 3.8) is 0 Å². The molecule has 0 radical (unpaired) electrons. The Balaban J connectivity index is 1.92. The van der Waals surface area contributed by atoms with Crippen LogP contribution in [0.1, 0.15) is 38.7 Å². The number of hydrogen-bond donors (Lipinski definition) is 0. The van der Waals surface area contributed by atoms with Gasteiger partial charge in [-0.25, -0.2) is 0 Å². The average molecular weight is 307 g/mol. The van der Waals surface area contributed by atoms with Crippen molar-refractivity contribution in [3.05, 3.63) is 34.9 Å². The van der Waals surface area contributed by atoms with E-state index in [1.54, 1.807) is 0 Å². The van der Waals surface area contributed by atoms with E-state index in [2.05, 4.69) is 12.0 Å². The summed E-state index contributed by atoms with van der Waals surface area (Å²) in [6.07, 6.45) is 9.19. The lowest BCUT2D eigenvalue weighted by molar-refractivity contribution is -0.285. The highest BCUT2D eigenvalue weighted by atomic mass is 35.5. The van der Waals surface area contributed by atoms with E-state index in [0.29, 0.717) is 19.6 Å².